The lowest BCUT2D eigenvalue weighted by Crippen LogP contribution is -2.17. The SMILES string of the molecule is N#Cc1cc(NC(=O)c2c(Cl)c(C(=O)C(=O)O)c3n2CCC3)ccc1F. The Kier molecular flexibility index (Phi) is 4.49. The minimum absolute atomic E-state index is 0.0356. The van der Waals surface area contributed by atoms with Crippen molar-refractivity contribution in [3.05, 3.63) is 51.6 Å². The molecule has 1 aliphatic heterocycles. The number of anilines is 1. The summed E-state index contributed by atoms with van der Waals surface area (Å²) in [6.07, 6.45) is 1.07. The molecule has 0 atom stereocenters. The molecule has 1 amide bonds. The largest absolute Gasteiger partial charge is 0.475 e. The number of nitrogens with zero attached hydrogens (tertiary/aromatic N) is 2. The Labute approximate surface area is 151 Å². The van der Waals surface area contributed by atoms with Crippen LogP contribution in [0.4, 0.5) is 10.1 Å². The first kappa shape index (κ1) is 17.6. The number of aliphatic carboxylic acids is 1. The van der Waals surface area contributed by atoms with Gasteiger partial charge in [-0.3, -0.25) is 9.59 Å². The van der Waals surface area contributed by atoms with Gasteiger partial charge in [-0.05, 0) is 31.0 Å². The molecule has 3 rings (SSSR count). The third-order valence-corrected chi connectivity index (χ3v) is 4.46. The number of aromatic nitrogens is 1. The molecule has 7 nitrogen and oxygen atoms in total. The van der Waals surface area contributed by atoms with E-state index in [0.29, 0.717) is 25.1 Å². The highest BCUT2D eigenvalue weighted by Crippen LogP contribution is 2.34. The van der Waals surface area contributed by atoms with Crippen LogP contribution in [0.2, 0.25) is 5.02 Å². The molecule has 0 saturated carbocycles. The summed E-state index contributed by atoms with van der Waals surface area (Å²) < 4.78 is 14.9. The van der Waals surface area contributed by atoms with Crippen LogP contribution in [0.1, 0.15) is 38.5 Å². The fraction of sp³-hybridized carbons (Fsp3) is 0.176. The van der Waals surface area contributed by atoms with E-state index in [1.54, 1.807) is 6.07 Å². The zero-order valence-electron chi connectivity index (χ0n) is 13.2. The van der Waals surface area contributed by atoms with Gasteiger partial charge in [0.2, 0.25) is 0 Å². The van der Waals surface area contributed by atoms with Crippen molar-refractivity contribution >= 4 is 34.9 Å². The lowest BCUT2D eigenvalue weighted by atomic mass is 10.1. The Bertz CT molecular complexity index is 1010. The van der Waals surface area contributed by atoms with Crippen LogP contribution < -0.4 is 5.32 Å². The predicted octanol–water partition coefficient (Wildman–Crippen LogP) is 2.62. The molecule has 26 heavy (non-hydrogen) atoms. The molecule has 1 aliphatic rings. The molecule has 0 spiro atoms. The second-order valence-electron chi connectivity index (χ2n) is 5.63. The van der Waals surface area contributed by atoms with Crippen molar-refractivity contribution in [2.24, 2.45) is 0 Å². The third kappa shape index (κ3) is 2.82. The zero-order valence-corrected chi connectivity index (χ0v) is 13.9. The number of amides is 1. The number of nitrogens with one attached hydrogen (secondary N) is 1. The first-order valence-corrected chi connectivity index (χ1v) is 7.92. The molecular weight excluding hydrogens is 365 g/mol. The average molecular weight is 376 g/mol. The number of rotatable bonds is 4. The summed E-state index contributed by atoms with van der Waals surface area (Å²) in [5.41, 5.74) is 0.120. The number of hydrogen-bond donors (Lipinski definition) is 2. The number of benzene rings is 1. The van der Waals surface area contributed by atoms with Gasteiger partial charge in [-0.1, -0.05) is 11.6 Å². The number of carboxylic acids is 1. The van der Waals surface area contributed by atoms with E-state index < -0.39 is 23.5 Å². The van der Waals surface area contributed by atoms with E-state index in [2.05, 4.69) is 5.32 Å². The van der Waals surface area contributed by atoms with Crippen molar-refractivity contribution in [2.75, 3.05) is 5.32 Å². The monoisotopic (exact) mass is 375 g/mol. The van der Waals surface area contributed by atoms with Crippen LogP contribution in [0.5, 0.6) is 0 Å². The maximum Gasteiger partial charge on any atom is 0.377 e. The molecule has 0 fully saturated rings. The number of halogens is 2. The molecule has 2 aromatic rings. The summed E-state index contributed by atoms with van der Waals surface area (Å²) in [5.74, 6) is -4.23. The van der Waals surface area contributed by atoms with E-state index in [0.717, 1.165) is 12.1 Å². The Morgan fingerprint density at radius 1 is 1.35 bits per heavy atom. The van der Waals surface area contributed by atoms with Crippen LogP contribution in [-0.4, -0.2) is 27.3 Å². The number of hydrogen-bond acceptors (Lipinski definition) is 4. The fourth-order valence-corrected chi connectivity index (χ4v) is 3.37. The number of ketones is 1. The molecule has 132 valence electrons. The summed E-state index contributed by atoms with van der Waals surface area (Å²) in [6, 6.07) is 5.15. The molecular formula is C17H11ClFN3O4. The average Bonchev–Trinajstić information content (AvgIpc) is 3.15. The highest BCUT2D eigenvalue weighted by atomic mass is 35.5. The van der Waals surface area contributed by atoms with Gasteiger partial charge in [0.15, 0.2) is 0 Å². The lowest BCUT2D eigenvalue weighted by molar-refractivity contribution is -0.131. The quantitative estimate of drug-likeness (QED) is 0.630. The molecule has 1 aromatic carbocycles. The van der Waals surface area contributed by atoms with Gasteiger partial charge in [-0.2, -0.15) is 5.26 Å². The second kappa shape index (κ2) is 6.61. The molecule has 0 aliphatic carbocycles. The van der Waals surface area contributed by atoms with Crippen LogP contribution in [0.3, 0.4) is 0 Å². The number of carbonyl (C=O) groups is 3. The van der Waals surface area contributed by atoms with Gasteiger partial charge >= 0.3 is 5.97 Å². The van der Waals surface area contributed by atoms with E-state index in [1.165, 1.54) is 10.6 Å². The van der Waals surface area contributed by atoms with Gasteiger partial charge < -0.3 is 15.0 Å². The number of nitriles is 1. The summed E-state index contributed by atoms with van der Waals surface area (Å²) in [7, 11) is 0. The van der Waals surface area contributed by atoms with Crippen LogP contribution in [0, 0.1) is 17.1 Å². The van der Waals surface area contributed by atoms with Gasteiger partial charge in [-0.15, -0.1) is 0 Å². The van der Waals surface area contributed by atoms with E-state index in [9.17, 15) is 18.8 Å². The minimum atomic E-state index is -1.66. The summed E-state index contributed by atoms with van der Waals surface area (Å²) in [6.45, 7) is 0.414. The predicted molar refractivity (Wildman–Crippen MR) is 88.8 cm³/mol. The van der Waals surface area contributed by atoms with Crippen molar-refractivity contribution < 1.29 is 23.9 Å². The second-order valence-corrected chi connectivity index (χ2v) is 6.01. The number of fused-ring (bicyclic) bond motifs is 1. The van der Waals surface area contributed by atoms with Gasteiger partial charge in [0.25, 0.3) is 11.7 Å². The van der Waals surface area contributed by atoms with Crippen molar-refractivity contribution in [1.82, 2.24) is 4.57 Å². The zero-order chi connectivity index (χ0) is 19.0. The summed E-state index contributed by atoms with van der Waals surface area (Å²) in [5, 5.41) is 20.1. The molecule has 2 N–H and O–H groups in total. The van der Waals surface area contributed by atoms with Crippen LogP contribution in [0.15, 0.2) is 18.2 Å². The Balaban J connectivity index is 2.01. The van der Waals surface area contributed by atoms with Crippen LogP contribution >= 0.6 is 11.6 Å². The molecule has 1 aromatic heterocycles. The molecule has 9 heteroatoms. The normalized spacial score (nSPS) is 12.3. The van der Waals surface area contributed by atoms with Gasteiger partial charge in [0.1, 0.15) is 17.6 Å². The standard InChI is InChI=1S/C17H11ClFN3O4/c18-13-12(15(23)17(25)26)11-2-1-5-22(11)14(13)16(24)21-9-3-4-10(19)8(6-9)7-20/h3-4,6H,1-2,5H2,(H,21,24)(H,25,26). The van der Waals surface area contributed by atoms with Gasteiger partial charge in [0, 0.05) is 17.9 Å². The summed E-state index contributed by atoms with van der Waals surface area (Å²) >= 11 is 6.15. The lowest BCUT2D eigenvalue weighted by Gasteiger charge is -2.09. The minimum Gasteiger partial charge on any atom is -0.475 e. The van der Waals surface area contributed by atoms with Crippen molar-refractivity contribution in [3.63, 3.8) is 0 Å². The smallest absolute Gasteiger partial charge is 0.377 e. The molecule has 2 heterocycles. The van der Waals surface area contributed by atoms with Gasteiger partial charge in [-0.25, -0.2) is 9.18 Å². The van der Waals surface area contributed by atoms with Crippen molar-refractivity contribution in [1.29, 1.82) is 5.26 Å². The first-order valence-electron chi connectivity index (χ1n) is 7.54. The highest BCUT2D eigenvalue weighted by molar-refractivity contribution is 6.46. The van der Waals surface area contributed by atoms with E-state index in [-0.39, 0.29) is 27.5 Å². The van der Waals surface area contributed by atoms with E-state index in [1.807, 2.05) is 0 Å². The third-order valence-electron chi connectivity index (χ3n) is 4.09. The topological polar surface area (TPSA) is 112 Å². The highest BCUT2D eigenvalue weighted by Gasteiger charge is 2.34. The van der Waals surface area contributed by atoms with Crippen molar-refractivity contribution in [2.45, 2.75) is 19.4 Å². The van der Waals surface area contributed by atoms with E-state index in [4.69, 9.17) is 22.0 Å². The first-order chi connectivity index (χ1) is 12.3. The number of carbonyl (C=O) groups excluding carboxylic acids is 2. The molecule has 0 unspecified atom stereocenters. The number of Topliss-reactive ketones (excluding diaryl/α,β-unsaturated/α-hetero) is 1. The maximum absolute atomic E-state index is 13.4. The Morgan fingerprint density at radius 2 is 2.08 bits per heavy atom. The maximum atomic E-state index is 13.4. The number of carboxylic acid groups (broad SMARTS) is 1. The summed E-state index contributed by atoms with van der Waals surface area (Å²) in [4.78, 5) is 35.6. The molecule has 0 saturated heterocycles. The Hall–Kier alpha value is -3.18. The Morgan fingerprint density at radius 3 is 2.73 bits per heavy atom. The fourth-order valence-electron chi connectivity index (χ4n) is 2.98. The van der Waals surface area contributed by atoms with E-state index >= 15 is 0 Å². The molecule has 0 bridgehead atoms. The van der Waals surface area contributed by atoms with Crippen molar-refractivity contribution in [3.8, 4) is 6.07 Å². The molecule has 0 radical (unpaired) electrons. The van der Waals surface area contributed by atoms with Crippen LogP contribution in [-0.2, 0) is 17.8 Å². The van der Waals surface area contributed by atoms with Crippen LogP contribution in [0.25, 0.3) is 0 Å². The van der Waals surface area contributed by atoms with Gasteiger partial charge in [0.05, 0.1) is 16.1 Å².